The molecule has 0 radical (unpaired) electrons. The van der Waals surface area contributed by atoms with Gasteiger partial charge in [0.2, 0.25) is 0 Å². The number of hydrogen-bond donors (Lipinski definition) is 1. The fourth-order valence-electron chi connectivity index (χ4n) is 0.833. The van der Waals surface area contributed by atoms with Crippen LogP contribution in [-0.2, 0) is 9.53 Å². The van der Waals surface area contributed by atoms with E-state index in [0.29, 0.717) is 17.7 Å². The van der Waals surface area contributed by atoms with E-state index in [1.165, 1.54) is 7.11 Å². The average molecular weight is 157 g/mol. The summed E-state index contributed by atoms with van der Waals surface area (Å²) in [7, 11) is 1.36. The number of carbonyl (C=O) groups is 1. The molecule has 11 heavy (non-hydrogen) atoms. The maximum atomic E-state index is 11.0. The first-order valence-corrected chi connectivity index (χ1v) is 3.67. The fraction of sp³-hybridized carbons (Fsp3) is 0.625. The van der Waals surface area contributed by atoms with Gasteiger partial charge in [-0.2, -0.15) is 0 Å². The van der Waals surface area contributed by atoms with Gasteiger partial charge in [-0.15, -0.1) is 0 Å². The highest BCUT2D eigenvalue weighted by molar-refractivity contribution is 5.88. The molecule has 64 valence electrons. The number of allylic oxidation sites excluding steroid dienone is 1. The van der Waals surface area contributed by atoms with Gasteiger partial charge in [-0.25, -0.2) is 4.79 Å². The topological polar surface area (TPSA) is 52.3 Å². The first-order valence-electron chi connectivity index (χ1n) is 3.67. The average Bonchev–Trinajstić information content (AvgIpc) is 1.98. The van der Waals surface area contributed by atoms with Crippen molar-refractivity contribution in [3.63, 3.8) is 0 Å². The summed E-state index contributed by atoms with van der Waals surface area (Å²) < 4.78 is 4.55. The van der Waals surface area contributed by atoms with Crippen molar-refractivity contribution in [3.05, 3.63) is 11.3 Å². The van der Waals surface area contributed by atoms with Gasteiger partial charge in [0.05, 0.1) is 12.7 Å². The number of esters is 1. The standard InChI is InChI=1S/C8H15NO2/c1-4-5-7(6(2)9)8(10)11-3/h4-5,9H2,1-3H3/b7-6+. The van der Waals surface area contributed by atoms with Gasteiger partial charge in [-0.05, 0) is 13.3 Å². The minimum Gasteiger partial charge on any atom is -0.466 e. The van der Waals surface area contributed by atoms with Gasteiger partial charge < -0.3 is 10.5 Å². The van der Waals surface area contributed by atoms with Crippen molar-refractivity contribution in [3.8, 4) is 0 Å². The van der Waals surface area contributed by atoms with Crippen LogP contribution in [0.1, 0.15) is 26.7 Å². The van der Waals surface area contributed by atoms with Crippen LogP contribution in [-0.4, -0.2) is 13.1 Å². The Morgan fingerprint density at radius 3 is 2.36 bits per heavy atom. The van der Waals surface area contributed by atoms with E-state index in [4.69, 9.17) is 5.73 Å². The molecule has 0 aliphatic rings. The Labute approximate surface area is 67.2 Å². The van der Waals surface area contributed by atoms with Gasteiger partial charge in [0.1, 0.15) is 0 Å². The number of nitrogens with two attached hydrogens (primary N) is 1. The van der Waals surface area contributed by atoms with Crippen LogP contribution in [0.25, 0.3) is 0 Å². The molecule has 3 nitrogen and oxygen atoms in total. The first-order chi connectivity index (χ1) is 5.13. The summed E-state index contributed by atoms with van der Waals surface area (Å²) in [6, 6.07) is 0. The smallest absolute Gasteiger partial charge is 0.335 e. The maximum absolute atomic E-state index is 11.0. The summed E-state index contributed by atoms with van der Waals surface area (Å²) in [5.41, 5.74) is 6.62. The number of ether oxygens (including phenoxy) is 1. The van der Waals surface area contributed by atoms with E-state index in [1.807, 2.05) is 6.92 Å². The Balaban J connectivity index is 4.36. The van der Waals surface area contributed by atoms with Crippen LogP contribution in [0.3, 0.4) is 0 Å². The predicted octanol–water partition coefficient (Wildman–Crippen LogP) is 1.19. The molecule has 0 unspecified atom stereocenters. The lowest BCUT2D eigenvalue weighted by Gasteiger charge is -2.04. The van der Waals surface area contributed by atoms with Crippen LogP contribution in [0.4, 0.5) is 0 Å². The lowest BCUT2D eigenvalue weighted by molar-refractivity contribution is -0.136. The van der Waals surface area contributed by atoms with Crippen molar-refractivity contribution in [1.82, 2.24) is 0 Å². The third kappa shape index (κ3) is 3.07. The van der Waals surface area contributed by atoms with Gasteiger partial charge in [0, 0.05) is 5.70 Å². The molecule has 0 aromatic rings. The van der Waals surface area contributed by atoms with Crippen LogP contribution in [0.2, 0.25) is 0 Å². The van der Waals surface area contributed by atoms with E-state index < -0.39 is 0 Å². The lowest BCUT2D eigenvalue weighted by Crippen LogP contribution is -2.10. The number of rotatable bonds is 3. The Hall–Kier alpha value is -0.990. The first kappa shape index (κ1) is 10.0. The molecule has 2 N–H and O–H groups in total. The van der Waals surface area contributed by atoms with E-state index >= 15 is 0 Å². The minimum absolute atomic E-state index is 0.313. The van der Waals surface area contributed by atoms with Crippen molar-refractivity contribution in [2.45, 2.75) is 26.7 Å². The highest BCUT2D eigenvalue weighted by Crippen LogP contribution is 2.08. The monoisotopic (exact) mass is 157 g/mol. The number of carbonyl (C=O) groups excluding carboxylic acids is 1. The predicted molar refractivity (Wildman–Crippen MR) is 43.8 cm³/mol. The van der Waals surface area contributed by atoms with E-state index in [-0.39, 0.29) is 5.97 Å². The van der Waals surface area contributed by atoms with E-state index in [2.05, 4.69) is 4.74 Å². The molecule has 0 saturated carbocycles. The maximum Gasteiger partial charge on any atom is 0.335 e. The molecule has 0 atom stereocenters. The quantitative estimate of drug-likeness (QED) is 0.494. The fourth-order valence-corrected chi connectivity index (χ4v) is 0.833. The molecule has 0 saturated heterocycles. The summed E-state index contributed by atoms with van der Waals surface area (Å²) >= 11 is 0. The van der Waals surface area contributed by atoms with Gasteiger partial charge in [0.25, 0.3) is 0 Å². The number of hydrogen-bond acceptors (Lipinski definition) is 3. The molecule has 0 spiro atoms. The molecule has 0 aliphatic carbocycles. The van der Waals surface area contributed by atoms with Crippen LogP contribution >= 0.6 is 0 Å². The van der Waals surface area contributed by atoms with Crippen molar-refractivity contribution >= 4 is 5.97 Å². The van der Waals surface area contributed by atoms with Crippen LogP contribution in [0.15, 0.2) is 11.3 Å². The van der Waals surface area contributed by atoms with Gasteiger partial charge in [-0.3, -0.25) is 0 Å². The zero-order valence-electron chi connectivity index (χ0n) is 7.31. The minimum atomic E-state index is -0.313. The molecule has 0 fully saturated rings. The van der Waals surface area contributed by atoms with E-state index in [0.717, 1.165) is 6.42 Å². The molecule has 0 rings (SSSR count). The summed E-state index contributed by atoms with van der Waals surface area (Å²) in [6.07, 6.45) is 1.59. The van der Waals surface area contributed by atoms with Crippen molar-refractivity contribution in [1.29, 1.82) is 0 Å². The molecule has 0 bridgehead atoms. The largest absolute Gasteiger partial charge is 0.466 e. The van der Waals surface area contributed by atoms with Crippen molar-refractivity contribution in [2.24, 2.45) is 5.73 Å². The summed E-state index contributed by atoms with van der Waals surface area (Å²) in [5, 5.41) is 0. The summed E-state index contributed by atoms with van der Waals surface area (Å²) in [6.45, 7) is 3.70. The molecule has 3 heteroatoms. The third-order valence-corrected chi connectivity index (χ3v) is 1.41. The highest BCUT2D eigenvalue weighted by atomic mass is 16.5. The summed E-state index contributed by atoms with van der Waals surface area (Å²) in [4.78, 5) is 11.0. The molecule has 0 aromatic carbocycles. The normalized spacial score (nSPS) is 12.3. The highest BCUT2D eigenvalue weighted by Gasteiger charge is 2.09. The second-order valence-corrected chi connectivity index (χ2v) is 2.40. The molecule has 0 amide bonds. The van der Waals surface area contributed by atoms with Crippen LogP contribution < -0.4 is 5.73 Å². The molecular formula is C8H15NO2. The molecule has 0 aromatic heterocycles. The number of methoxy groups -OCH3 is 1. The molecule has 0 aliphatic heterocycles. The van der Waals surface area contributed by atoms with Gasteiger partial charge in [-0.1, -0.05) is 13.3 Å². The zero-order chi connectivity index (χ0) is 8.85. The van der Waals surface area contributed by atoms with Gasteiger partial charge in [0.15, 0.2) is 0 Å². The third-order valence-electron chi connectivity index (χ3n) is 1.41. The molecular weight excluding hydrogens is 142 g/mol. The SMILES string of the molecule is CCC/C(C(=O)OC)=C(/C)N. The Bertz CT molecular complexity index is 169. The Morgan fingerprint density at radius 2 is 2.09 bits per heavy atom. The van der Waals surface area contributed by atoms with E-state index in [1.54, 1.807) is 6.92 Å². The molecule has 0 heterocycles. The second kappa shape index (κ2) is 4.77. The van der Waals surface area contributed by atoms with Crippen molar-refractivity contribution in [2.75, 3.05) is 7.11 Å². The van der Waals surface area contributed by atoms with E-state index in [9.17, 15) is 4.79 Å². The van der Waals surface area contributed by atoms with Gasteiger partial charge >= 0.3 is 5.97 Å². The Morgan fingerprint density at radius 1 is 1.55 bits per heavy atom. The lowest BCUT2D eigenvalue weighted by atomic mass is 10.1. The van der Waals surface area contributed by atoms with Crippen LogP contribution in [0, 0.1) is 0 Å². The van der Waals surface area contributed by atoms with Crippen molar-refractivity contribution < 1.29 is 9.53 Å². The second-order valence-electron chi connectivity index (χ2n) is 2.40. The zero-order valence-corrected chi connectivity index (χ0v) is 7.31. The summed E-state index contributed by atoms with van der Waals surface area (Å²) in [5.74, 6) is -0.313. The van der Waals surface area contributed by atoms with Crippen LogP contribution in [0.5, 0.6) is 0 Å². The Kier molecular flexibility index (Phi) is 4.34.